The standard InChI is InChI=1S/C19H19N3O2/c1-19(2)10-16(15-9-14(21)7-8-17(15)24-19)22-18(23)13-5-3-12(11-20)4-6-13/h3-9,16H,10,21H2,1-2H3,(H,22,23). The monoisotopic (exact) mass is 321 g/mol. The van der Waals surface area contributed by atoms with Crippen molar-refractivity contribution in [2.45, 2.75) is 31.9 Å². The highest BCUT2D eigenvalue weighted by Gasteiger charge is 2.34. The summed E-state index contributed by atoms with van der Waals surface area (Å²) in [4.78, 5) is 12.6. The van der Waals surface area contributed by atoms with Crippen LogP contribution in [0.5, 0.6) is 5.75 Å². The van der Waals surface area contributed by atoms with Gasteiger partial charge in [0.05, 0.1) is 17.7 Å². The van der Waals surface area contributed by atoms with Crippen LogP contribution in [0.2, 0.25) is 0 Å². The molecule has 1 aliphatic rings. The Morgan fingerprint density at radius 2 is 2.00 bits per heavy atom. The molecule has 2 aromatic rings. The van der Waals surface area contributed by atoms with E-state index < -0.39 is 0 Å². The zero-order valence-corrected chi connectivity index (χ0v) is 13.7. The first-order valence-corrected chi connectivity index (χ1v) is 7.77. The Kier molecular flexibility index (Phi) is 3.90. The van der Waals surface area contributed by atoms with Crippen molar-refractivity contribution in [2.75, 3.05) is 5.73 Å². The van der Waals surface area contributed by atoms with E-state index in [9.17, 15) is 4.79 Å². The van der Waals surface area contributed by atoms with Gasteiger partial charge in [-0.25, -0.2) is 0 Å². The van der Waals surface area contributed by atoms with Crippen LogP contribution in [0.25, 0.3) is 0 Å². The Morgan fingerprint density at radius 1 is 1.29 bits per heavy atom. The minimum absolute atomic E-state index is 0.185. The van der Waals surface area contributed by atoms with Gasteiger partial charge in [-0.05, 0) is 56.3 Å². The second kappa shape index (κ2) is 5.89. The first-order chi connectivity index (χ1) is 11.4. The molecule has 0 radical (unpaired) electrons. The SMILES string of the molecule is CC1(C)CC(NC(=O)c2ccc(C#N)cc2)c2cc(N)ccc2O1. The van der Waals surface area contributed by atoms with Crippen LogP contribution in [-0.2, 0) is 0 Å². The predicted octanol–water partition coefficient (Wildman–Crippen LogP) is 3.17. The van der Waals surface area contributed by atoms with E-state index in [0.29, 0.717) is 23.2 Å². The summed E-state index contributed by atoms with van der Waals surface area (Å²) in [6.45, 7) is 3.99. The van der Waals surface area contributed by atoms with Gasteiger partial charge in [-0.3, -0.25) is 4.79 Å². The van der Waals surface area contributed by atoms with E-state index in [2.05, 4.69) is 5.32 Å². The minimum atomic E-state index is -0.383. The van der Waals surface area contributed by atoms with Crippen molar-refractivity contribution in [2.24, 2.45) is 0 Å². The number of anilines is 1. The minimum Gasteiger partial charge on any atom is -0.487 e. The molecule has 0 saturated heterocycles. The Bertz CT molecular complexity index is 819. The average Bonchev–Trinajstić information content (AvgIpc) is 2.55. The fourth-order valence-corrected chi connectivity index (χ4v) is 2.94. The number of carbonyl (C=O) groups is 1. The Labute approximate surface area is 141 Å². The third-order valence-corrected chi connectivity index (χ3v) is 4.07. The van der Waals surface area contributed by atoms with Crippen LogP contribution in [0.15, 0.2) is 42.5 Å². The maximum atomic E-state index is 12.6. The molecule has 3 N–H and O–H groups in total. The highest BCUT2D eigenvalue weighted by atomic mass is 16.5. The lowest BCUT2D eigenvalue weighted by Crippen LogP contribution is -2.41. The molecular formula is C19H19N3O2. The number of benzene rings is 2. The fraction of sp³-hybridized carbons (Fsp3) is 0.263. The van der Waals surface area contributed by atoms with Gasteiger partial charge in [0.1, 0.15) is 11.4 Å². The number of carbonyl (C=O) groups excluding carboxylic acids is 1. The second-order valence-electron chi connectivity index (χ2n) is 6.58. The van der Waals surface area contributed by atoms with Gasteiger partial charge in [-0.1, -0.05) is 0 Å². The largest absolute Gasteiger partial charge is 0.487 e. The van der Waals surface area contributed by atoms with Gasteiger partial charge in [-0.2, -0.15) is 5.26 Å². The van der Waals surface area contributed by atoms with Crippen LogP contribution < -0.4 is 15.8 Å². The Balaban J connectivity index is 1.87. The van der Waals surface area contributed by atoms with E-state index in [0.717, 1.165) is 11.3 Å². The summed E-state index contributed by atoms with van der Waals surface area (Å²) in [5.74, 6) is 0.557. The number of amides is 1. The quantitative estimate of drug-likeness (QED) is 0.832. The van der Waals surface area contributed by atoms with Crippen molar-refractivity contribution in [1.82, 2.24) is 5.32 Å². The van der Waals surface area contributed by atoms with E-state index in [1.165, 1.54) is 0 Å². The summed E-state index contributed by atoms with van der Waals surface area (Å²) >= 11 is 0. The smallest absolute Gasteiger partial charge is 0.251 e. The number of nitriles is 1. The molecule has 0 aromatic heterocycles. The molecule has 1 unspecified atom stereocenters. The van der Waals surface area contributed by atoms with Crippen LogP contribution in [-0.4, -0.2) is 11.5 Å². The molecule has 0 saturated carbocycles. The molecule has 24 heavy (non-hydrogen) atoms. The van der Waals surface area contributed by atoms with Crippen molar-refractivity contribution in [1.29, 1.82) is 5.26 Å². The normalized spacial score (nSPS) is 18.0. The zero-order valence-electron chi connectivity index (χ0n) is 13.7. The molecule has 2 aromatic carbocycles. The highest BCUT2D eigenvalue weighted by molar-refractivity contribution is 5.94. The van der Waals surface area contributed by atoms with Gasteiger partial charge in [0.2, 0.25) is 0 Å². The van der Waals surface area contributed by atoms with Crippen molar-refractivity contribution in [3.63, 3.8) is 0 Å². The number of nitrogen functional groups attached to an aromatic ring is 1. The molecule has 1 heterocycles. The van der Waals surface area contributed by atoms with E-state index in [4.69, 9.17) is 15.7 Å². The maximum absolute atomic E-state index is 12.6. The van der Waals surface area contributed by atoms with E-state index in [-0.39, 0.29) is 17.6 Å². The van der Waals surface area contributed by atoms with E-state index >= 15 is 0 Å². The summed E-state index contributed by atoms with van der Waals surface area (Å²) in [6, 6.07) is 13.9. The van der Waals surface area contributed by atoms with E-state index in [1.54, 1.807) is 30.3 Å². The molecule has 1 aliphatic heterocycles. The summed E-state index contributed by atoms with van der Waals surface area (Å²) < 4.78 is 5.98. The van der Waals surface area contributed by atoms with Gasteiger partial charge in [-0.15, -0.1) is 0 Å². The molecule has 122 valence electrons. The molecular weight excluding hydrogens is 302 g/mol. The molecule has 1 amide bonds. The third kappa shape index (κ3) is 3.18. The van der Waals surface area contributed by atoms with Gasteiger partial charge >= 0.3 is 0 Å². The molecule has 0 aliphatic carbocycles. The van der Waals surface area contributed by atoms with Crippen molar-refractivity contribution >= 4 is 11.6 Å². The van der Waals surface area contributed by atoms with Gasteiger partial charge in [0.25, 0.3) is 5.91 Å². The number of nitrogens with one attached hydrogen (secondary N) is 1. The van der Waals surface area contributed by atoms with Crippen molar-refractivity contribution in [3.8, 4) is 11.8 Å². The number of ether oxygens (including phenoxy) is 1. The number of hydrogen-bond donors (Lipinski definition) is 2. The number of fused-ring (bicyclic) bond motifs is 1. The molecule has 3 rings (SSSR count). The fourth-order valence-electron chi connectivity index (χ4n) is 2.94. The molecule has 0 bridgehead atoms. The van der Waals surface area contributed by atoms with Crippen LogP contribution >= 0.6 is 0 Å². The number of rotatable bonds is 2. The number of nitrogens with two attached hydrogens (primary N) is 1. The molecule has 1 atom stereocenters. The van der Waals surface area contributed by atoms with Crippen LogP contribution in [0.3, 0.4) is 0 Å². The van der Waals surface area contributed by atoms with Gasteiger partial charge in [0.15, 0.2) is 0 Å². The zero-order chi connectivity index (χ0) is 17.3. The van der Waals surface area contributed by atoms with Crippen LogP contribution in [0, 0.1) is 11.3 Å². The van der Waals surface area contributed by atoms with Crippen molar-refractivity contribution in [3.05, 3.63) is 59.2 Å². The molecule has 5 nitrogen and oxygen atoms in total. The summed E-state index contributed by atoms with van der Waals surface area (Å²) in [5, 5.41) is 11.9. The number of hydrogen-bond acceptors (Lipinski definition) is 4. The Hall–Kier alpha value is -3.00. The lowest BCUT2D eigenvalue weighted by atomic mass is 9.89. The first kappa shape index (κ1) is 15.9. The van der Waals surface area contributed by atoms with Crippen LogP contribution in [0.1, 0.15) is 47.8 Å². The van der Waals surface area contributed by atoms with Gasteiger partial charge < -0.3 is 15.8 Å². The summed E-state index contributed by atoms with van der Waals surface area (Å²) in [7, 11) is 0. The average molecular weight is 321 g/mol. The summed E-state index contributed by atoms with van der Waals surface area (Å²) in [5.41, 5.74) is 8.07. The number of nitrogens with zero attached hydrogens (tertiary/aromatic N) is 1. The molecule has 0 fully saturated rings. The third-order valence-electron chi connectivity index (χ3n) is 4.07. The first-order valence-electron chi connectivity index (χ1n) is 7.77. The second-order valence-corrected chi connectivity index (χ2v) is 6.58. The lowest BCUT2D eigenvalue weighted by Gasteiger charge is -2.38. The van der Waals surface area contributed by atoms with Crippen molar-refractivity contribution < 1.29 is 9.53 Å². The predicted molar refractivity (Wildman–Crippen MR) is 91.5 cm³/mol. The topological polar surface area (TPSA) is 88.1 Å². The highest BCUT2D eigenvalue weighted by Crippen LogP contribution is 2.40. The Morgan fingerprint density at radius 3 is 2.67 bits per heavy atom. The molecule has 5 heteroatoms. The van der Waals surface area contributed by atoms with Gasteiger partial charge in [0, 0.05) is 23.2 Å². The summed E-state index contributed by atoms with van der Waals surface area (Å²) in [6.07, 6.45) is 0.644. The van der Waals surface area contributed by atoms with E-state index in [1.807, 2.05) is 32.0 Å². The maximum Gasteiger partial charge on any atom is 0.251 e. The molecule has 0 spiro atoms. The van der Waals surface area contributed by atoms with Crippen LogP contribution in [0.4, 0.5) is 5.69 Å². The lowest BCUT2D eigenvalue weighted by molar-refractivity contribution is 0.0620.